The predicted octanol–water partition coefficient (Wildman–Crippen LogP) is 3.27. The second kappa shape index (κ2) is 14.9. The van der Waals surface area contributed by atoms with Crippen LogP contribution in [0, 0.1) is 0 Å². The first-order valence-electron chi connectivity index (χ1n) is 11.0. The molecular weight excluding hydrogens is 423 g/mol. The molecule has 0 aliphatic heterocycles. The molecule has 0 radical (unpaired) electrons. The summed E-state index contributed by atoms with van der Waals surface area (Å²) in [5, 5.41) is 11.8. The van der Waals surface area contributed by atoms with E-state index in [9.17, 15) is 13.5 Å². The summed E-state index contributed by atoms with van der Waals surface area (Å²) in [4.78, 5) is -0.185. The van der Waals surface area contributed by atoms with Crippen molar-refractivity contribution in [3.63, 3.8) is 0 Å². The van der Waals surface area contributed by atoms with Gasteiger partial charge in [-0.25, -0.2) is 0 Å². The average Bonchev–Trinajstić information content (AvgIpc) is 2.71. The summed E-state index contributed by atoms with van der Waals surface area (Å²) >= 11 is 0. The molecule has 7 heteroatoms. The third-order valence-electron chi connectivity index (χ3n) is 5.18. The maximum atomic E-state index is 11.8. The Labute approximate surface area is 209 Å². The number of hydrogen-bond acceptors (Lipinski definition) is 4. The Morgan fingerprint density at radius 2 is 1.39 bits per heavy atom. The first-order chi connectivity index (χ1) is 14.4. The second-order valence-corrected chi connectivity index (χ2v) is 9.17. The van der Waals surface area contributed by atoms with Gasteiger partial charge in [0, 0.05) is 0 Å². The van der Waals surface area contributed by atoms with Crippen LogP contribution in [-0.2, 0) is 16.5 Å². The normalized spacial score (nSPS) is 11.2. The molecule has 0 amide bonds. The fourth-order valence-corrected chi connectivity index (χ4v) is 3.94. The molecule has 0 aliphatic carbocycles. The van der Waals surface area contributed by atoms with Crippen LogP contribution in [-0.4, -0.2) is 13.0 Å². The van der Waals surface area contributed by atoms with Gasteiger partial charge in [0.2, 0.25) is 0 Å². The van der Waals surface area contributed by atoms with Crippen LogP contribution in [0.5, 0.6) is 17.2 Å². The van der Waals surface area contributed by atoms with Crippen molar-refractivity contribution < 1.29 is 52.4 Å². The zero-order chi connectivity index (χ0) is 21.8. The van der Waals surface area contributed by atoms with Crippen molar-refractivity contribution in [1.29, 1.82) is 0 Å². The minimum absolute atomic E-state index is 0. The largest absolute Gasteiger partial charge is 1.00 e. The number of ether oxygens (including phenoxy) is 1. The average molecular weight is 457 g/mol. The molecule has 0 aliphatic rings. The van der Waals surface area contributed by atoms with Gasteiger partial charge in [-0.05, 0) is 48.7 Å². The van der Waals surface area contributed by atoms with E-state index in [0.29, 0.717) is 11.5 Å². The van der Waals surface area contributed by atoms with Crippen LogP contribution in [0.1, 0.15) is 76.7 Å². The SMILES string of the molecule is CCCCCCCCCCCCc1cc([O-])ccc1Oc1ccc(S(=O)(=O)O)cc1.[Na+]. The summed E-state index contributed by atoms with van der Waals surface area (Å²) in [6, 6.07) is 10.3. The Morgan fingerprint density at radius 1 is 0.839 bits per heavy atom. The standard InChI is InChI=1S/C24H34O5S.Na/c1-2-3-4-5-6-7-8-9-10-11-12-20-19-21(25)13-18-24(20)29-22-14-16-23(17-15-22)30(26,27)28;/h13-19,25H,2-12H2,1H3,(H,26,27,28);/q;+1/p-1. The van der Waals surface area contributed by atoms with E-state index in [-0.39, 0.29) is 40.2 Å². The van der Waals surface area contributed by atoms with Crippen LogP contribution < -0.4 is 39.4 Å². The Hall–Kier alpha value is -1.05. The first kappa shape index (κ1) is 28.0. The summed E-state index contributed by atoms with van der Waals surface area (Å²) in [5.41, 5.74) is 0.862. The van der Waals surface area contributed by atoms with E-state index < -0.39 is 10.1 Å². The summed E-state index contributed by atoms with van der Waals surface area (Å²) < 4.78 is 37.2. The van der Waals surface area contributed by atoms with Crippen LogP contribution in [0.25, 0.3) is 0 Å². The molecule has 0 bridgehead atoms. The maximum Gasteiger partial charge on any atom is 1.00 e. The monoisotopic (exact) mass is 456 g/mol. The molecule has 0 heterocycles. The van der Waals surface area contributed by atoms with Crippen LogP contribution in [0.4, 0.5) is 0 Å². The molecule has 166 valence electrons. The number of benzene rings is 2. The topological polar surface area (TPSA) is 86.7 Å². The molecule has 0 aromatic heterocycles. The Bertz CT molecular complexity index is 866. The number of hydrogen-bond donors (Lipinski definition) is 1. The van der Waals surface area contributed by atoms with Crippen LogP contribution in [0.15, 0.2) is 47.4 Å². The number of unbranched alkanes of at least 4 members (excludes halogenated alkanes) is 9. The molecule has 0 spiro atoms. The smallest absolute Gasteiger partial charge is 0.872 e. The second-order valence-electron chi connectivity index (χ2n) is 7.75. The van der Waals surface area contributed by atoms with E-state index in [4.69, 9.17) is 9.29 Å². The predicted molar refractivity (Wildman–Crippen MR) is 118 cm³/mol. The molecule has 2 aromatic rings. The van der Waals surface area contributed by atoms with E-state index >= 15 is 0 Å². The molecule has 2 aromatic carbocycles. The van der Waals surface area contributed by atoms with E-state index in [1.807, 2.05) is 0 Å². The van der Waals surface area contributed by atoms with Gasteiger partial charge in [-0.15, -0.1) is 5.75 Å². The minimum atomic E-state index is -4.23. The fraction of sp³-hybridized carbons (Fsp3) is 0.500. The molecule has 0 saturated carbocycles. The minimum Gasteiger partial charge on any atom is -0.872 e. The van der Waals surface area contributed by atoms with Gasteiger partial charge in [-0.1, -0.05) is 76.8 Å². The fourth-order valence-electron chi connectivity index (χ4n) is 3.46. The number of rotatable bonds is 14. The molecule has 2 rings (SSSR count). The molecule has 0 unspecified atom stereocenters. The molecule has 0 fully saturated rings. The molecule has 0 saturated heterocycles. The van der Waals surface area contributed by atoms with E-state index in [1.165, 1.54) is 81.7 Å². The van der Waals surface area contributed by atoms with Crippen molar-refractivity contribution in [2.45, 2.75) is 82.4 Å². The van der Waals surface area contributed by atoms with Crippen molar-refractivity contribution in [3.05, 3.63) is 48.0 Å². The van der Waals surface area contributed by atoms with Gasteiger partial charge in [-0.3, -0.25) is 4.55 Å². The van der Waals surface area contributed by atoms with Crippen molar-refractivity contribution >= 4 is 10.1 Å². The molecular formula is C24H33NaO5S. The first-order valence-corrected chi connectivity index (χ1v) is 12.4. The Kier molecular flexibility index (Phi) is 13.5. The summed E-state index contributed by atoms with van der Waals surface area (Å²) in [6.07, 6.45) is 13.3. The number of aryl methyl sites for hydroxylation is 1. The van der Waals surface area contributed by atoms with Crippen LogP contribution >= 0.6 is 0 Å². The Balaban J connectivity index is 0.00000480. The van der Waals surface area contributed by atoms with Crippen LogP contribution in [0.3, 0.4) is 0 Å². The molecule has 1 N–H and O–H groups in total. The van der Waals surface area contributed by atoms with Gasteiger partial charge in [0.15, 0.2) is 0 Å². The molecule has 31 heavy (non-hydrogen) atoms. The third kappa shape index (κ3) is 10.9. The van der Waals surface area contributed by atoms with E-state index in [1.54, 1.807) is 12.1 Å². The van der Waals surface area contributed by atoms with Gasteiger partial charge in [-0.2, -0.15) is 8.42 Å². The van der Waals surface area contributed by atoms with Gasteiger partial charge in [0.05, 0.1) is 4.90 Å². The van der Waals surface area contributed by atoms with Gasteiger partial charge >= 0.3 is 29.6 Å². The zero-order valence-corrected chi connectivity index (χ0v) is 21.6. The van der Waals surface area contributed by atoms with Gasteiger partial charge in [0.1, 0.15) is 11.5 Å². The van der Waals surface area contributed by atoms with Gasteiger partial charge < -0.3 is 9.84 Å². The van der Waals surface area contributed by atoms with Crippen molar-refractivity contribution in [2.75, 3.05) is 0 Å². The quantitative estimate of drug-likeness (QED) is 0.268. The maximum absolute atomic E-state index is 11.8. The van der Waals surface area contributed by atoms with Crippen molar-refractivity contribution in [1.82, 2.24) is 0 Å². The van der Waals surface area contributed by atoms with E-state index in [0.717, 1.165) is 24.8 Å². The van der Waals surface area contributed by atoms with Crippen LogP contribution in [0.2, 0.25) is 0 Å². The summed E-state index contributed by atoms with van der Waals surface area (Å²) in [5.74, 6) is 1.00. The Morgan fingerprint density at radius 3 is 1.94 bits per heavy atom. The molecule has 0 atom stereocenters. The van der Waals surface area contributed by atoms with E-state index in [2.05, 4.69) is 6.92 Å². The summed E-state index contributed by atoms with van der Waals surface area (Å²) in [7, 11) is -4.23. The molecule has 5 nitrogen and oxygen atoms in total. The van der Waals surface area contributed by atoms with Gasteiger partial charge in [0.25, 0.3) is 10.1 Å². The van der Waals surface area contributed by atoms with Crippen molar-refractivity contribution in [3.8, 4) is 17.2 Å². The third-order valence-corrected chi connectivity index (χ3v) is 6.05. The summed E-state index contributed by atoms with van der Waals surface area (Å²) in [6.45, 7) is 2.23. The van der Waals surface area contributed by atoms with Crippen molar-refractivity contribution in [2.24, 2.45) is 0 Å². The zero-order valence-electron chi connectivity index (χ0n) is 18.8.